The third-order valence-corrected chi connectivity index (χ3v) is 3.72. The number of hydrogen-bond acceptors (Lipinski definition) is 4. The number of ether oxygens (including phenoxy) is 2. The zero-order valence-corrected chi connectivity index (χ0v) is 15.0. The van der Waals surface area contributed by atoms with E-state index in [-0.39, 0.29) is 0 Å². The molecule has 0 aliphatic heterocycles. The van der Waals surface area contributed by atoms with E-state index >= 15 is 0 Å². The number of hydrogen-bond donors (Lipinski definition) is 2. The molecule has 0 saturated heterocycles. The summed E-state index contributed by atoms with van der Waals surface area (Å²) in [5.41, 5.74) is 6.88. The van der Waals surface area contributed by atoms with Crippen LogP contribution in [-0.2, 0) is 0 Å². The van der Waals surface area contributed by atoms with Crippen LogP contribution in [0.3, 0.4) is 0 Å². The summed E-state index contributed by atoms with van der Waals surface area (Å²) in [4.78, 5) is 0. The van der Waals surface area contributed by atoms with Gasteiger partial charge in [0.1, 0.15) is 11.5 Å². The van der Waals surface area contributed by atoms with Gasteiger partial charge >= 0.3 is 0 Å². The van der Waals surface area contributed by atoms with Crippen molar-refractivity contribution in [3.05, 3.63) is 53.1 Å². The average molecular weight is 343 g/mol. The molecule has 0 radical (unpaired) electrons. The van der Waals surface area contributed by atoms with Gasteiger partial charge in [0.25, 0.3) is 0 Å². The Kier molecular flexibility index (Phi) is 6.14. The average Bonchev–Trinajstić information content (AvgIpc) is 2.58. The summed E-state index contributed by atoms with van der Waals surface area (Å²) in [6.07, 6.45) is 1.65. The molecule has 24 heavy (non-hydrogen) atoms. The van der Waals surface area contributed by atoms with Gasteiger partial charge in [-0.1, -0.05) is 18.2 Å². The highest BCUT2D eigenvalue weighted by molar-refractivity contribution is 7.80. The fourth-order valence-electron chi connectivity index (χ4n) is 2.24. The highest BCUT2D eigenvalue weighted by atomic mass is 32.1. The van der Waals surface area contributed by atoms with E-state index in [9.17, 15) is 0 Å². The van der Waals surface area contributed by atoms with Crippen molar-refractivity contribution < 1.29 is 9.47 Å². The molecule has 5 nitrogen and oxygen atoms in total. The Morgan fingerprint density at radius 3 is 2.42 bits per heavy atom. The molecule has 0 bridgehead atoms. The summed E-state index contributed by atoms with van der Waals surface area (Å²) >= 11 is 5.28. The van der Waals surface area contributed by atoms with E-state index in [0.717, 1.165) is 28.1 Å². The van der Waals surface area contributed by atoms with Crippen LogP contribution in [0.5, 0.6) is 11.5 Å². The Labute approximate surface area is 147 Å². The molecule has 0 heterocycles. The Hall–Kier alpha value is -2.60. The molecular formula is C18H21N3O2S. The number of aryl methyl sites for hydroxylation is 2. The van der Waals surface area contributed by atoms with Crippen molar-refractivity contribution in [2.75, 3.05) is 19.5 Å². The maximum Gasteiger partial charge on any atom is 0.191 e. The van der Waals surface area contributed by atoms with Crippen LogP contribution in [0.25, 0.3) is 0 Å². The lowest BCUT2D eigenvalue weighted by atomic mass is 10.1. The van der Waals surface area contributed by atoms with Gasteiger partial charge in [0.2, 0.25) is 0 Å². The summed E-state index contributed by atoms with van der Waals surface area (Å²) in [6, 6.07) is 11.6. The molecule has 0 saturated carbocycles. The number of rotatable bonds is 5. The number of methoxy groups -OCH3 is 2. The van der Waals surface area contributed by atoms with Gasteiger partial charge in [-0.3, -0.25) is 5.43 Å². The maximum absolute atomic E-state index is 5.32. The van der Waals surface area contributed by atoms with Gasteiger partial charge in [-0.25, -0.2) is 0 Å². The van der Waals surface area contributed by atoms with Gasteiger partial charge in [-0.15, -0.1) is 0 Å². The van der Waals surface area contributed by atoms with Gasteiger partial charge in [-0.2, -0.15) is 5.10 Å². The Bertz CT molecular complexity index is 740. The van der Waals surface area contributed by atoms with Crippen LogP contribution in [0.15, 0.2) is 41.5 Å². The predicted octanol–water partition coefficient (Wildman–Crippen LogP) is 3.64. The van der Waals surface area contributed by atoms with Crippen molar-refractivity contribution in [2.24, 2.45) is 5.10 Å². The van der Waals surface area contributed by atoms with Crippen LogP contribution in [0.1, 0.15) is 16.7 Å². The van der Waals surface area contributed by atoms with Crippen LogP contribution in [0.4, 0.5) is 5.69 Å². The lowest BCUT2D eigenvalue weighted by Gasteiger charge is -2.12. The SMILES string of the molecule is COc1ccc(/C=N/NC(=S)Nc2c(C)cccc2C)c(OC)c1. The fraction of sp³-hybridized carbons (Fsp3) is 0.222. The number of para-hydroxylation sites is 1. The molecule has 0 unspecified atom stereocenters. The molecule has 0 atom stereocenters. The van der Waals surface area contributed by atoms with Gasteiger partial charge in [-0.05, 0) is 49.3 Å². The molecule has 6 heteroatoms. The van der Waals surface area contributed by atoms with Crippen molar-refractivity contribution in [3.8, 4) is 11.5 Å². The van der Waals surface area contributed by atoms with E-state index in [4.69, 9.17) is 21.7 Å². The largest absolute Gasteiger partial charge is 0.497 e. The second-order valence-corrected chi connectivity index (χ2v) is 5.61. The van der Waals surface area contributed by atoms with Gasteiger partial charge in [0.05, 0.1) is 20.4 Å². The van der Waals surface area contributed by atoms with Crippen molar-refractivity contribution >= 4 is 29.2 Å². The normalized spacial score (nSPS) is 10.5. The van der Waals surface area contributed by atoms with E-state index < -0.39 is 0 Å². The summed E-state index contributed by atoms with van der Waals surface area (Å²) in [7, 11) is 3.22. The molecular weight excluding hydrogens is 322 g/mol. The zero-order valence-electron chi connectivity index (χ0n) is 14.2. The van der Waals surface area contributed by atoms with Crippen molar-refractivity contribution in [2.45, 2.75) is 13.8 Å². The first-order valence-electron chi connectivity index (χ1n) is 7.43. The van der Waals surface area contributed by atoms with Crippen LogP contribution in [-0.4, -0.2) is 25.5 Å². The Morgan fingerprint density at radius 2 is 1.79 bits per heavy atom. The third-order valence-electron chi connectivity index (χ3n) is 3.53. The van der Waals surface area contributed by atoms with Crippen molar-refractivity contribution in [1.82, 2.24) is 5.43 Å². The summed E-state index contributed by atoms with van der Waals surface area (Å²) in [5.74, 6) is 1.40. The van der Waals surface area contributed by atoms with Crippen LogP contribution in [0, 0.1) is 13.8 Å². The second kappa shape index (κ2) is 8.31. The molecule has 0 amide bonds. The van der Waals surface area contributed by atoms with E-state index in [0.29, 0.717) is 10.9 Å². The molecule has 0 spiro atoms. The van der Waals surface area contributed by atoms with Gasteiger partial charge < -0.3 is 14.8 Å². The monoisotopic (exact) mass is 343 g/mol. The molecule has 126 valence electrons. The zero-order chi connectivity index (χ0) is 17.5. The molecule has 2 rings (SSSR count). The molecule has 2 N–H and O–H groups in total. The van der Waals surface area contributed by atoms with Crippen LogP contribution in [0.2, 0.25) is 0 Å². The number of anilines is 1. The van der Waals surface area contributed by atoms with Gasteiger partial charge in [0.15, 0.2) is 5.11 Å². The first kappa shape index (κ1) is 17.7. The van der Waals surface area contributed by atoms with Crippen molar-refractivity contribution in [3.63, 3.8) is 0 Å². The number of nitrogens with zero attached hydrogens (tertiary/aromatic N) is 1. The molecule has 2 aromatic rings. The molecule has 2 aromatic carbocycles. The topological polar surface area (TPSA) is 54.9 Å². The second-order valence-electron chi connectivity index (χ2n) is 5.20. The third kappa shape index (κ3) is 4.45. The fourth-order valence-corrected chi connectivity index (χ4v) is 2.39. The summed E-state index contributed by atoms with van der Waals surface area (Å²) < 4.78 is 10.5. The minimum Gasteiger partial charge on any atom is -0.497 e. The van der Waals surface area contributed by atoms with Crippen LogP contribution < -0.4 is 20.2 Å². The Morgan fingerprint density at radius 1 is 1.08 bits per heavy atom. The first-order valence-corrected chi connectivity index (χ1v) is 7.84. The molecule has 0 aliphatic carbocycles. The van der Waals surface area contributed by atoms with E-state index in [1.165, 1.54) is 0 Å². The molecule has 0 aliphatic rings. The van der Waals surface area contributed by atoms with Crippen molar-refractivity contribution in [1.29, 1.82) is 0 Å². The minimum absolute atomic E-state index is 0.427. The number of thiocarbonyl (C=S) groups is 1. The van der Waals surface area contributed by atoms with Crippen LogP contribution >= 0.6 is 12.2 Å². The van der Waals surface area contributed by atoms with E-state index in [1.54, 1.807) is 26.5 Å². The lowest BCUT2D eigenvalue weighted by Crippen LogP contribution is -2.24. The first-order chi connectivity index (χ1) is 11.5. The minimum atomic E-state index is 0.427. The highest BCUT2D eigenvalue weighted by Gasteiger charge is 2.04. The number of nitrogens with one attached hydrogen (secondary N) is 2. The highest BCUT2D eigenvalue weighted by Crippen LogP contribution is 2.23. The quantitative estimate of drug-likeness (QED) is 0.493. The van der Waals surface area contributed by atoms with E-state index in [2.05, 4.69) is 15.8 Å². The Balaban J connectivity index is 2.02. The number of hydrazone groups is 1. The predicted molar refractivity (Wildman–Crippen MR) is 102 cm³/mol. The number of benzene rings is 2. The summed E-state index contributed by atoms with van der Waals surface area (Å²) in [5, 5.41) is 7.76. The molecule has 0 fully saturated rings. The van der Waals surface area contributed by atoms with E-state index in [1.807, 2.05) is 44.2 Å². The molecule has 0 aromatic heterocycles. The smallest absolute Gasteiger partial charge is 0.191 e. The standard InChI is InChI=1S/C18H21N3O2S/c1-12-6-5-7-13(2)17(12)20-18(24)21-19-11-14-8-9-15(22-3)10-16(14)23-4/h5-11H,1-4H3,(H2,20,21,24)/b19-11+. The summed E-state index contributed by atoms with van der Waals surface area (Å²) in [6.45, 7) is 4.06. The lowest BCUT2D eigenvalue weighted by molar-refractivity contribution is 0.394. The van der Waals surface area contributed by atoms with Gasteiger partial charge in [0, 0.05) is 17.3 Å². The maximum atomic E-state index is 5.32.